The summed E-state index contributed by atoms with van der Waals surface area (Å²) in [5.74, 6) is -0.263. The molecule has 2 amide bonds. The number of rotatable bonds is 1. The lowest BCUT2D eigenvalue weighted by Crippen LogP contribution is -2.47. The molecule has 24 heavy (non-hydrogen) atoms. The first-order valence-corrected chi connectivity index (χ1v) is 9.66. The van der Waals surface area contributed by atoms with E-state index >= 15 is 0 Å². The van der Waals surface area contributed by atoms with Crippen LogP contribution in [0.15, 0.2) is 42.5 Å². The van der Waals surface area contributed by atoms with Gasteiger partial charge in [0.2, 0.25) is 10.8 Å². The molecule has 2 aliphatic heterocycles. The van der Waals surface area contributed by atoms with Gasteiger partial charge in [0.05, 0.1) is 5.25 Å². The van der Waals surface area contributed by atoms with E-state index in [-0.39, 0.29) is 17.1 Å². The summed E-state index contributed by atoms with van der Waals surface area (Å²) in [6.07, 6.45) is 0. The Bertz CT molecular complexity index is 873. The summed E-state index contributed by atoms with van der Waals surface area (Å²) in [5, 5.41) is 3.21. The highest BCUT2D eigenvalue weighted by Crippen LogP contribution is 2.56. The number of carbonyl (C=O) groups excluding carboxylic acids is 2. The van der Waals surface area contributed by atoms with Gasteiger partial charge in [-0.2, -0.15) is 0 Å². The molecule has 2 aliphatic rings. The van der Waals surface area contributed by atoms with Gasteiger partial charge in [0.25, 0.3) is 5.91 Å². The minimum Gasteiger partial charge on any atom is -0.323 e. The zero-order valence-corrected chi connectivity index (χ0v) is 16.3. The number of amides is 2. The van der Waals surface area contributed by atoms with Crippen LogP contribution in [-0.2, 0) is 14.5 Å². The lowest BCUT2D eigenvalue weighted by Gasteiger charge is -2.32. The van der Waals surface area contributed by atoms with E-state index in [2.05, 4.69) is 27.9 Å². The Labute approximate surface area is 162 Å². The van der Waals surface area contributed by atoms with Crippen molar-refractivity contribution in [2.24, 2.45) is 0 Å². The van der Waals surface area contributed by atoms with Crippen molar-refractivity contribution >= 4 is 69.1 Å². The van der Waals surface area contributed by atoms with E-state index < -0.39 is 4.87 Å². The number of carbonyl (C=O) groups is 2. The Kier molecular flexibility index (Phi) is 3.81. The highest BCUT2D eigenvalue weighted by molar-refractivity contribution is 14.1. The summed E-state index contributed by atoms with van der Waals surface area (Å²) in [6.45, 7) is 1.84. The number of hydrogen-bond donors (Lipinski definition) is 1. The molecule has 2 atom stereocenters. The van der Waals surface area contributed by atoms with Gasteiger partial charge in [0.1, 0.15) is 0 Å². The van der Waals surface area contributed by atoms with E-state index in [1.807, 2.05) is 25.1 Å². The Morgan fingerprint density at radius 1 is 1.21 bits per heavy atom. The van der Waals surface area contributed by atoms with Gasteiger partial charge in [-0.25, -0.2) is 0 Å². The second-order valence-electron chi connectivity index (χ2n) is 5.70. The van der Waals surface area contributed by atoms with Gasteiger partial charge in [0.15, 0.2) is 0 Å². The van der Waals surface area contributed by atoms with Crippen molar-refractivity contribution < 1.29 is 9.59 Å². The maximum absolute atomic E-state index is 13.0. The predicted molar refractivity (Wildman–Crippen MR) is 105 cm³/mol. The minimum absolute atomic E-state index is 0.0795. The van der Waals surface area contributed by atoms with Crippen LogP contribution < -0.4 is 10.2 Å². The van der Waals surface area contributed by atoms with Crippen LogP contribution in [-0.4, -0.2) is 17.1 Å². The lowest BCUT2D eigenvalue weighted by atomic mass is 10.0. The molecule has 0 saturated carbocycles. The Balaban J connectivity index is 1.95. The topological polar surface area (TPSA) is 49.4 Å². The van der Waals surface area contributed by atoms with Crippen molar-refractivity contribution in [3.05, 3.63) is 56.6 Å². The molecule has 0 aliphatic carbocycles. The van der Waals surface area contributed by atoms with Gasteiger partial charge in [-0.05, 0) is 72.0 Å². The number of halogens is 2. The normalized spacial score (nSPS) is 25.3. The maximum atomic E-state index is 13.0. The molecule has 2 heterocycles. The maximum Gasteiger partial charge on any atom is 0.266 e. The highest BCUT2D eigenvalue weighted by atomic mass is 127. The van der Waals surface area contributed by atoms with E-state index in [1.54, 1.807) is 29.2 Å². The van der Waals surface area contributed by atoms with Crippen molar-refractivity contribution in [2.75, 3.05) is 10.2 Å². The number of fused-ring (bicyclic) bond motifs is 2. The SMILES string of the molecule is CC1SC2(C(=O)Nc3ccc(I)cc32)N(c2ccc(Cl)cc2)C1=O. The molecule has 2 unspecified atom stereocenters. The fraction of sp³-hybridized carbons (Fsp3) is 0.176. The van der Waals surface area contributed by atoms with E-state index in [4.69, 9.17) is 11.6 Å². The zero-order chi connectivity index (χ0) is 17.1. The molecule has 1 saturated heterocycles. The van der Waals surface area contributed by atoms with Gasteiger partial charge >= 0.3 is 0 Å². The highest BCUT2D eigenvalue weighted by Gasteiger charge is 2.60. The smallest absolute Gasteiger partial charge is 0.266 e. The molecule has 0 bridgehead atoms. The molecule has 1 fully saturated rings. The van der Waals surface area contributed by atoms with Gasteiger partial charge in [0, 0.05) is 25.5 Å². The second-order valence-corrected chi connectivity index (χ2v) is 8.91. The van der Waals surface area contributed by atoms with Crippen LogP contribution in [0, 0.1) is 3.57 Å². The fourth-order valence-electron chi connectivity index (χ4n) is 3.17. The third-order valence-corrected chi connectivity index (χ3v) is 6.63. The lowest BCUT2D eigenvalue weighted by molar-refractivity contribution is -0.122. The number of benzene rings is 2. The quantitative estimate of drug-likeness (QED) is 0.635. The minimum atomic E-state index is -1.07. The van der Waals surface area contributed by atoms with Crippen LogP contribution >= 0.6 is 46.0 Å². The Morgan fingerprint density at radius 3 is 2.62 bits per heavy atom. The molecule has 0 radical (unpaired) electrons. The number of nitrogens with zero attached hydrogens (tertiary/aromatic N) is 1. The zero-order valence-electron chi connectivity index (χ0n) is 12.5. The average Bonchev–Trinajstić information content (AvgIpc) is 2.97. The van der Waals surface area contributed by atoms with Gasteiger partial charge < -0.3 is 5.32 Å². The van der Waals surface area contributed by atoms with Crippen LogP contribution in [0.1, 0.15) is 12.5 Å². The molecule has 7 heteroatoms. The van der Waals surface area contributed by atoms with E-state index in [9.17, 15) is 9.59 Å². The van der Waals surface area contributed by atoms with Gasteiger partial charge in [-0.15, -0.1) is 11.8 Å². The number of anilines is 2. The first-order chi connectivity index (χ1) is 11.4. The molecular weight excluding hydrogens is 459 g/mol. The van der Waals surface area contributed by atoms with Crippen molar-refractivity contribution in [1.29, 1.82) is 0 Å². The largest absolute Gasteiger partial charge is 0.323 e. The molecule has 122 valence electrons. The fourth-order valence-corrected chi connectivity index (χ4v) is 5.26. The summed E-state index contributed by atoms with van der Waals surface area (Å²) >= 11 is 9.57. The first kappa shape index (κ1) is 16.2. The summed E-state index contributed by atoms with van der Waals surface area (Å²) in [4.78, 5) is 26.4. The Morgan fingerprint density at radius 2 is 1.92 bits per heavy atom. The number of nitrogens with one attached hydrogen (secondary N) is 1. The Hall–Kier alpha value is -1.25. The number of thioether (sulfide) groups is 1. The van der Waals surface area contributed by atoms with Crippen molar-refractivity contribution in [3.8, 4) is 0 Å². The van der Waals surface area contributed by atoms with Crippen molar-refractivity contribution in [1.82, 2.24) is 0 Å². The third-order valence-electron chi connectivity index (χ3n) is 4.22. The van der Waals surface area contributed by atoms with E-state index in [1.165, 1.54) is 11.8 Å². The molecule has 1 N–H and O–H groups in total. The summed E-state index contributed by atoms with van der Waals surface area (Å²) < 4.78 is 1.02. The predicted octanol–water partition coefficient (Wildman–Crippen LogP) is 4.22. The van der Waals surface area contributed by atoms with Crippen LogP contribution in [0.25, 0.3) is 0 Å². The second kappa shape index (κ2) is 5.64. The van der Waals surface area contributed by atoms with Crippen molar-refractivity contribution in [3.63, 3.8) is 0 Å². The third kappa shape index (κ3) is 2.19. The monoisotopic (exact) mass is 470 g/mol. The van der Waals surface area contributed by atoms with Crippen LogP contribution in [0.3, 0.4) is 0 Å². The van der Waals surface area contributed by atoms with Gasteiger partial charge in [-0.1, -0.05) is 11.6 Å². The summed E-state index contributed by atoms with van der Waals surface area (Å²) in [5.41, 5.74) is 2.26. The van der Waals surface area contributed by atoms with Gasteiger partial charge in [-0.3, -0.25) is 14.5 Å². The molecule has 2 aromatic carbocycles. The molecule has 4 nitrogen and oxygen atoms in total. The van der Waals surface area contributed by atoms with Crippen LogP contribution in [0.5, 0.6) is 0 Å². The summed E-state index contributed by atoms with van der Waals surface area (Å²) in [6, 6.07) is 12.8. The molecule has 1 spiro atoms. The van der Waals surface area contributed by atoms with Crippen LogP contribution in [0.4, 0.5) is 11.4 Å². The molecule has 0 aromatic heterocycles. The molecule has 4 rings (SSSR count). The standard InChI is InChI=1S/C17H12ClIN2O2S/c1-9-15(22)21(12-5-2-10(18)3-6-12)17(24-9)13-8-11(19)4-7-14(13)20-16(17)23/h2-9H,1H3,(H,20,23). The van der Waals surface area contributed by atoms with Crippen molar-refractivity contribution in [2.45, 2.75) is 17.0 Å². The number of hydrogen-bond acceptors (Lipinski definition) is 3. The van der Waals surface area contributed by atoms with E-state index in [0.717, 1.165) is 14.8 Å². The average molecular weight is 471 g/mol. The molecular formula is C17H12ClIN2O2S. The first-order valence-electron chi connectivity index (χ1n) is 7.32. The van der Waals surface area contributed by atoms with E-state index in [0.29, 0.717) is 10.7 Å². The molecule has 2 aromatic rings. The summed E-state index contributed by atoms with van der Waals surface area (Å²) in [7, 11) is 0. The van der Waals surface area contributed by atoms with Crippen LogP contribution in [0.2, 0.25) is 5.02 Å².